The van der Waals surface area contributed by atoms with Crippen LogP contribution >= 0.6 is 0 Å². The smallest absolute Gasteiger partial charge is 0.116 e. The molecule has 0 atom stereocenters. The maximum atomic E-state index is 4.62. The third-order valence-corrected chi connectivity index (χ3v) is 8.53. The van der Waals surface area contributed by atoms with Crippen molar-refractivity contribution in [2.75, 3.05) is 0 Å². The molecule has 0 amide bonds. The average Bonchev–Trinajstić information content (AvgIpc) is 4.10. The van der Waals surface area contributed by atoms with Crippen molar-refractivity contribution in [2.24, 2.45) is 0 Å². The van der Waals surface area contributed by atoms with Crippen molar-refractivity contribution in [3.8, 4) is 0 Å². The lowest BCUT2D eigenvalue weighted by molar-refractivity contribution is 1.20. The number of pyridine rings is 2. The molecule has 10 heteroatoms. The zero-order valence-corrected chi connectivity index (χ0v) is 31.6. The van der Waals surface area contributed by atoms with E-state index in [1.807, 2.05) is 94.5 Å². The van der Waals surface area contributed by atoms with Gasteiger partial charge in [0, 0.05) is 68.4 Å². The zero-order valence-electron chi connectivity index (χ0n) is 31.6. The van der Waals surface area contributed by atoms with E-state index in [1.54, 1.807) is 24.8 Å². The lowest BCUT2D eigenvalue weighted by atomic mass is 10.1. The van der Waals surface area contributed by atoms with E-state index in [4.69, 9.17) is 0 Å². The standard InChI is InChI=1S/C20H14N4.C12H8N2.C10H6N4.2C2H6/c1-2-14-10-16-5-6-18(23-16)12-20-8-7-19(24-20)11-17-4-3-15(22-17)9-13(1)21-14;1-3-9-5-6-10-4-2-8-14-12(10)11(9)13-7-1;1-2-8-4-12-6-14-10(8)9-7(1)3-11-5-13-9;2*1-2/h1-12,21-22H;1-8H;1-6H;2*1-2H3. The number of nitrogens with zero attached hydrogens (tertiary/aromatic N) is 8. The molecule has 0 radical (unpaired) electrons. The lowest BCUT2D eigenvalue weighted by Gasteiger charge is -2.00. The van der Waals surface area contributed by atoms with Crippen LogP contribution in [0.25, 0.3) is 90.0 Å². The second kappa shape index (κ2) is 17.6. The predicted molar refractivity (Wildman–Crippen MR) is 231 cm³/mol. The first-order valence-electron chi connectivity index (χ1n) is 18.6. The van der Waals surface area contributed by atoms with Gasteiger partial charge in [0.25, 0.3) is 0 Å². The largest absolute Gasteiger partial charge is 0.355 e. The number of benzene rings is 2. The Hall–Kier alpha value is -7.46. The Morgan fingerprint density at radius 2 is 0.750 bits per heavy atom. The van der Waals surface area contributed by atoms with Crippen LogP contribution in [0.3, 0.4) is 0 Å². The molecule has 9 heterocycles. The topological polar surface area (TPSA) is 135 Å². The Morgan fingerprint density at radius 3 is 1.20 bits per heavy atom. The predicted octanol–water partition coefficient (Wildman–Crippen LogP) is 11.1. The average molecular weight is 733 g/mol. The summed E-state index contributed by atoms with van der Waals surface area (Å²) in [6.45, 7) is 8.00. The van der Waals surface area contributed by atoms with Gasteiger partial charge in [0.1, 0.15) is 12.7 Å². The molecule has 10 nitrogen and oxygen atoms in total. The number of rotatable bonds is 0. The van der Waals surface area contributed by atoms with Gasteiger partial charge in [0.15, 0.2) is 0 Å². The fraction of sp³-hybridized carbons (Fsp3) is 0.0870. The summed E-state index contributed by atoms with van der Waals surface area (Å²) < 4.78 is 0. The molecule has 274 valence electrons. The molecular weight excluding hydrogens is 693 g/mol. The minimum atomic E-state index is 0.875. The molecule has 0 aliphatic carbocycles. The van der Waals surface area contributed by atoms with Crippen LogP contribution < -0.4 is 0 Å². The van der Waals surface area contributed by atoms with Gasteiger partial charge in [-0.15, -0.1) is 0 Å². The minimum Gasteiger partial charge on any atom is -0.355 e. The number of H-pyrrole nitrogens is 2. The van der Waals surface area contributed by atoms with Gasteiger partial charge in [-0.3, -0.25) is 9.97 Å². The molecule has 9 aromatic rings. The molecule has 11 rings (SSSR count). The van der Waals surface area contributed by atoms with Crippen LogP contribution in [0, 0.1) is 0 Å². The van der Waals surface area contributed by atoms with Gasteiger partial charge < -0.3 is 9.97 Å². The highest BCUT2D eigenvalue weighted by molar-refractivity contribution is 6.03. The highest BCUT2D eigenvalue weighted by Gasteiger charge is 2.04. The van der Waals surface area contributed by atoms with Gasteiger partial charge in [0.2, 0.25) is 0 Å². The van der Waals surface area contributed by atoms with Crippen LogP contribution in [0.15, 0.2) is 135 Å². The van der Waals surface area contributed by atoms with E-state index in [0.29, 0.717) is 0 Å². The SMILES string of the molecule is C1=Cc2cc3ccc(cc4ccc(cc5nc(cc1n2)C=C5)[nH]4)[nH]3.CC.CC.c1cnc2c(c1)ccc1cccnc12.c1ncc2ccc3cncnc3c2n1. The van der Waals surface area contributed by atoms with Gasteiger partial charge in [-0.25, -0.2) is 29.9 Å². The van der Waals surface area contributed by atoms with E-state index in [1.165, 1.54) is 12.7 Å². The van der Waals surface area contributed by atoms with Crippen LogP contribution in [0.5, 0.6) is 0 Å². The van der Waals surface area contributed by atoms with Gasteiger partial charge in [-0.1, -0.05) is 64.1 Å². The molecule has 2 aliphatic rings. The highest BCUT2D eigenvalue weighted by Crippen LogP contribution is 2.22. The molecule has 8 bridgehead atoms. The summed E-state index contributed by atoms with van der Waals surface area (Å²) in [5, 5.41) is 4.27. The fourth-order valence-corrected chi connectivity index (χ4v) is 6.12. The van der Waals surface area contributed by atoms with Crippen molar-refractivity contribution in [3.63, 3.8) is 0 Å². The Labute approximate surface area is 323 Å². The third kappa shape index (κ3) is 8.50. The van der Waals surface area contributed by atoms with E-state index in [0.717, 1.165) is 88.5 Å². The van der Waals surface area contributed by atoms with E-state index in [9.17, 15) is 0 Å². The number of hydrogen-bond donors (Lipinski definition) is 2. The summed E-state index contributed by atoms with van der Waals surface area (Å²) in [5.74, 6) is 0. The summed E-state index contributed by atoms with van der Waals surface area (Å²) in [6.07, 6.45) is 18.3. The summed E-state index contributed by atoms with van der Waals surface area (Å²) in [6, 6.07) is 32.5. The van der Waals surface area contributed by atoms with Crippen LogP contribution in [-0.4, -0.2) is 49.8 Å². The van der Waals surface area contributed by atoms with E-state index in [2.05, 4.69) is 104 Å². The highest BCUT2D eigenvalue weighted by atomic mass is 14.9. The molecular formula is C46H40N10. The van der Waals surface area contributed by atoms with Gasteiger partial charge >= 0.3 is 0 Å². The number of hydrogen-bond acceptors (Lipinski definition) is 8. The van der Waals surface area contributed by atoms with Gasteiger partial charge in [0.05, 0.1) is 44.8 Å². The second-order valence-corrected chi connectivity index (χ2v) is 12.1. The first kappa shape index (κ1) is 36.9. The second-order valence-electron chi connectivity index (χ2n) is 12.1. The summed E-state index contributed by atoms with van der Waals surface area (Å²) in [4.78, 5) is 41.1. The Bertz CT molecular complexity index is 2690. The number of aromatic nitrogens is 10. The molecule has 0 saturated carbocycles. The van der Waals surface area contributed by atoms with Crippen LogP contribution in [0.2, 0.25) is 0 Å². The molecule has 2 aromatic carbocycles. The van der Waals surface area contributed by atoms with E-state index < -0.39 is 0 Å². The van der Waals surface area contributed by atoms with Crippen molar-refractivity contribution in [1.29, 1.82) is 0 Å². The quantitative estimate of drug-likeness (QED) is 0.147. The molecule has 7 aromatic heterocycles. The van der Waals surface area contributed by atoms with Gasteiger partial charge in [-0.05, 0) is 85.0 Å². The van der Waals surface area contributed by atoms with E-state index in [-0.39, 0.29) is 0 Å². The first-order chi connectivity index (χ1) is 27.7. The van der Waals surface area contributed by atoms with Crippen molar-refractivity contribution in [3.05, 3.63) is 157 Å². The number of aromatic amines is 2. The monoisotopic (exact) mass is 732 g/mol. The fourth-order valence-electron chi connectivity index (χ4n) is 6.12. The summed E-state index contributed by atoms with van der Waals surface area (Å²) in [5.41, 5.74) is 11.6. The first-order valence-corrected chi connectivity index (χ1v) is 18.6. The molecule has 0 spiro atoms. The molecule has 2 N–H and O–H groups in total. The van der Waals surface area contributed by atoms with Crippen molar-refractivity contribution >= 4 is 90.0 Å². The maximum Gasteiger partial charge on any atom is 0.116 e. The molecule has 56 heavy (non-hydrogen) atoms. The van der Waals surface area contributed by atoms with Crippen molar-refractivity contribution < 1.29 is 0 Å². The Morgan fingerprint density at radius 1 is 0.375 bits per heavy atom. The maximum absolute atomic E-state index is 4.62. The molecule has 0 saturated heterocycles. The lowest BCUT2D eigenvalue weighted by Crippen LogP contribution is -1.86. The normalized spacial score (nSPS) is 11.1. The van der Waals surface area contributed by atoms with Crippen LogP contribution in [0.1, 0.15) is 50.5 Å². The van der Waals surface area contributed by atoms with Crippen molar-refractivity contribution in [1.82, 2.24) is 49.8 Å². The minimum absolute atomic E-state index is 0.875. The molecule has 0 fully saturated rings. The van der Waals surface area contributed by atoms with Crippen molar-refractivity contribution in [2.45, 2.75) is 27.7 Å². The molecule has 2 aliphatic heterocycles. The Kier molecular flexibility index (Phi) is 11.6. The molecule has 0 unspecified atom stereocenters. The van der Waals surface area contributed by atoms with Crippen LogP contribution in [-0.2, 0) is 0 Å². The Balaban J connectivity index is 0.000000130. The summed E-state index contributed by atoms with van der Waals surface area (Å²) >= 11 is 0. The number of nitrogens with one attached hydrogen (secondary N) is 2. The zero-order chi connectivity index (χ0) is 38.7. The summed E-state index contributed by atoms with van der Waals surface area (Å²) in [7, 11) is 0. The van der Waals surface area contributed by atoms with E-state index >= 15 is 0 Å². The van der Waals surface area contributed by atoms with Crippen LogP contribution in [0.4, 0.5) is 0 Å². The van der Waals surface area contributed by atoms with Gasteiger partial charge in [-0.2, -0.15) is 0 Å². The third-order valence-electron chi connectivity index (χ3n) is 8.53. The number of fused-ring (bicyclic) bond motifs is 14.